The van der Waals surface area contributed by atoms with Crippen molar-refractivity contribution < 1.29 is 9.59 Å². The van der Waals surface area contributed by atoms with Crippen LogP contribution < -0.4 is 21.3 Å². The highest BCUT2D eigenvalue weighted by atomic mass is 16.2. The largest absolute Gasteiger partial charge is 0.357 e. The Labute approximate surface area is 173 Å². The SMILES string of the molecule is CCNC(=NCc1ccc(NC(=O)NC(C)C)cc1)NC1CCN(C(=O)CC)C1. The normalized spacial score (nSPS) is 16.7. The summed E-state index contributed by atoms with van der Waals surface area (Å²) in [6.45, 7) is 10.6. The summed E-state index contributed by atoms with van der Waals surface area (Å²) in [6, 6.07) is 7.75. The van der Waals surface area contributed by atoms with Crippen LogP contribution in [0.5, 0.6) is 0 Å². The van der Waals surface area contributed by atoms with E-state index in [0.717, 1.165) is 43.3 Å². The summed E-state index contributed by atoms with van der Waals surface area (Å²) in [5.41, 5.74) is 1.79. The highest BCUT2D eigenvalue weighted by Crippen LogP contribution is 2.12. The molecule has 0 spiro atoms. The first kappa shape index (κ1) is 22.5. The second-order valence-corrected chi connectivity index (χ2v) is 7.47. The van der Waals surface area contributed by atoms with Crippen molar-refractivity contribution in [3.63, 3.8) is 0 Å². The number of likely N-dealkylation sites (tertiary alicyclic amines) is 1. The third-order valence-electron chi connectivity index (χ3n) is 4.58. The smallest absolute Gasteiger partial charge is 0.319 e. The lowest BCUT2D eigenvalue weighted by atomic mass is 10.2. The maximum atomic E-state index is 11.9. The lowest BCUT2D eigenvalue weighted by Crippen LogP contribution is -2.45. The number of nitrogens with zero attached hydrogens (tertiary/aromatic N) is 2. The molecular formula is C21H34N6O2. The predicted octanol–water partition coefficient (Wildman–Crippen LogP) is 2.28. The number of benzene rings is 1. The van der Waals surface area contributed by atoms with Gasteiger partial charge in [-0.05, 0) is 44.9 Å². The van der Waals surface area contributed by atoms with Gasteiger partial charge in [0.15, 0.2) is 5.96 Å². The lowest BCUT2D eigenvalue weighted by molar-refractivity contribution is -0.129. The van der Waals surface area contributed by atoms with Gasteiger partial charge in [0.05, 0.1) is 6.54 Å². The summed E-state index contributed by atoms with van der Waals surface area (Å²) in [4.78, 5) is 30.2. The maximum absolute atomic E-state index is 11.9. The van der Waals surface area contributed by atoms with E-state index in [1.54, 1.807) is 0 Å². The number of aliphatic imine (C=N–C) groups is 1. The van der Waals surface area contributed by atoms with E-state index >= 15 is 0 Å². The maximum Gasteiger partial charge on any atom is 0.319 e. The fourth-order valence-corrected chi connectivity index (χ4v) is 3.13. The van der Waals surface area contributed by atoms with Crippen LogP contribution in [0.2, 0.25) is 0 Å². The minimum atomic E-state index is -0.212. The van der Waals surface area contributed by atoms with Crippen molar-refractivity contribution in [3.05, 3.63) is 29.8 Å². The second kappa shape index (κ2) is 11.3. The van der Waals surface area contributed by atoms with Gasteiger partial charge in [0.2, 0.25) is 5.91 Å². The minimum Gasteiger partial charge on any atom is -0.357 e. The topological polar surface area (TPSA) is 97.9 Å². The molecule has 0 radical (unpaired) electrons. The third kappa shape index (κ3) is 7.63. The fraction of sp³-hybridized carbons (Fsp3) is 0.571. The highest BCUT2D eigenvalue weighted by molar-refractivity contribution is 5.89. The van der Waals surface area contributed by atoms with Crippen LogP contribution in [0.25, 0.3) is 0 Å². The van der Waals surface area contributed by atoms with E-state index in [-0.39, 0.29) is 24.0 Å². The van der Waals surface area contributed by atoms with Crippen LogP contribution in [0.4, 0.5) is 10.5 Å². The standard InChI is InChI=1S/C21H34N6O2/c1-5-19(28)27-12-11-18(14-27)25-20(22-6-2)23-13-16-7-9-17(10-8-16)26-21(29)24-15(3)4/h7-10,15,18H,5-6,11-14H2,1-4H3,(H2,22,23,25)(H2,24,26,29). The number of rotatable bonds is 7. The molecule has 1 saturated heterocycles. The Morgan fingerprint density at radius 3 is 2.55 bits per heavy atom. The molecule has 8 nitrogen and oxygen atoms in total. The van der Waals surface area contributed by atoms with E-state index in [2.05, 4.69) is 26.3 Å². The molecule has 1 aliphatic heterocycles. The number of carbonyl (C=O) groups excluding carboxylic acids is 2. The van der Waals surface area contributed by atoms with Crippen LogP contribution in [-0.2, 0) is 11.3 Å². The van der Waals surface area contributed by atoms with Crippen molar-refractivity contribution in [2.45, 2.75) is 59.2 Å². The Morgan fingerprint density at radius 1 is 1.21 bits per heavy atom. The van der Waals surface area contributed by atoms with Crippen LogP contribution >= 0.6 is 0 Å². The summed E-state index contributed by atoms with van der Waals surface area (Å²) in [5.74, 6) is 0.953. The molecule has 1 aromatic carbocycles. The molecule has 0 bridgehead atoms. The van der Waals surface area contributed by atoms with Gasteiger partial charge in [0, 0.05) is 43.8 Å². The van der Waals surface area contributed by atoms with E-state index in [4.69, 9.17) is 0 Å². The van der Waals surface area contributed by atoms with Gasteiger partial charge >= 0.3 is 6.03 Å². The lowest BCUT2D eigenvalue weighted by Gasteiger charge is -2.18. The van der Waals surface area contributed by atoms with Gasteiger partial charge in [-0.25, -0.2) is 9.79 Å². The molecule has 1 unspecified atom stereocenters. The number of hydrogen-bond donors (Lipinski definition) is 4. The molecular weight excluding hydrogens is 368 g/mol. The highest BCUT2D eigenvalue weighted by Gasteiger charge is 2.25. The van der Waals surface area contributed by atoms with Gasteiger partial charge in [-0.15, -0.1) is 0 Å². The first-order chi connectivity index (χ1) is 13.9. The molecule has 1 aliphatic rings. The van der Waals surface area contributed by atoms with E-state index in [9.17, 15) is 9.59 Å². The minimum absolute atomic E-state index is 0.0904. The Morgan fingerprint density at radius 2 is 1.93 bits per heavy atom. The van der Waals surface area contributed by atoms with E-state index in [1.165, 1.54) is 0 Å². The van der Waals surface area contributed by atoms with Gasteiger partial charge in [0.25, 0.3) is 0 Å². The molecule has 29 heavy (non-hydrogen) atoms. The van der Waals surface area contributed by atoms with Crippen molar-refractivity contribution in [2.75, 3.05) is 25.0 Å². The van der Waals surface area contributed by atoms with Crippen molar-refractivity contribution in [2.24, 2.45) is 4.99 Å². The summed E-state index contributed by atoms with van der Waals surface area (Å²) in [6.07, 6.45) is 1.47. The first-order valence-electron chi connectivity index (χ1n) is 10.4. The number of urea groups is 1. The Hall–Kier alpha value is -2.77. The molecule has 3 amide bonds. The fourth-order valence-electron chi connectivity index (χ4n) is 3.13. The number of guanidine groups is 1. The molecule has 0 aliphatic carbocycles. The summed E-state index contributed by atoms with van der Waals surface area (Å²) in [7, 11) is 0. The Balaban J connectivity index is 1.89. The van der Waals surface area contributed by atoms with E-state index in [0.29, 0.717) is 13.0 Å². The van der Waals surface area contributed by atoms with Crippen molar-refractivity contribution >= 4 is 23.6 Å². The number of amides is 3. The molecule has 1 aromatic rings. The van der Waals surface area contributed by atoms with Crippen molar-refractivity contribution in [3.8, 4) is 0 Å². The molecule has 8 heteroatoms. The molecule has 160 valence electrons. The van der Waals surface area contributed by atoms with E-state index < -0.39 is 0 Å². The average molecular weight is 403 g/mol. The van der Waals surface area contributed by atoms with Crippen LogP contribution in [0.3, 0.4) is 0 Å². The second-order valence-electron chi connectivity index (χ2n) is 7.47. The summed E-state index contributed by atoms with van der Waals surface area (Å²) >= 11 is 0. The van der Waals surface area contributed by atoms with Crippen molar-refractivity contribution in [1.82, 2.24) is 20.9 Å². The van der Waals surface area contributed by atoms with Gasteiger partial charge in [-0.2, -0.15) is 0 Å². The Kier molecular flexibility index (Phi) is 8.76. The molecule has 0 saturated carbocycles. The molecule has 2 rings (SSSR count). The molecule has 1 atom stereocenters. The zero-order chi connectivity index (χ0) is 21.2. The summed E-state index contributed by atoms with van der Waals surface area (Å²) in [5, 5.41) is 12.3. The number of nitrogens with one attached hydrogen (secondary N) is 4. The quantitative estimate of drug-likeness (QED) is 0.415. The van der Waals surface area contributed by atoms with Crippen LogP contribution in [0.15, 0.2) is 29.3 Å². The number of carbonyl (C=O) groups is 2. The zero-order valence-corrected chi connectivity index (χ0v) is 17.9. The number of anilines is 1. The molecule has 1 fully saturated rings. The van der Waals surface area contributed by atoms with Gasteiger partial charge in [0.1, 0.15) is 0 Å². The third-order valence-corrected chi connectivity index (χ3v) is 4.58. The predicted molar refractivity (Wildman–Crippen MR) is 117 cm³/mol. The van der Waals surface area contributed by atoms with Gasteiger partial charge in [-0.3, -0.25) is 4.79 Å². The van der Waals surface area contributed by atoms with Gasteiger partial charge in [-0.1, -0.05) is 19.1 Å². The van der Waals surface area contributed by atoms with Crippen LogP contribution in [0, 0.1) is 0 Å². The number of hydrogen-bond acceptors (Lipinski definition) is 3. The monoisotopic (exact) mass is 402 g/mol. The van der Waals surface area contributed by atoms with Gasteiger partial charge < -0.3 is 26.2 Å². The Bertz CT molecular complexity index is 702. The molecule has 0 aromatic heterocycles. The van der Waals surface area contributed by atoms with Crippen LogP contribution in [-0.4, -0.2) is 54.5 Å². The van der Waals surface area contributed by atoms with Crippen molar-refractivity contribution in [1.29, 1.82) is 0 Å². The summed E-state index contributed by atoms with van der Waals surface area (Å²) < 4.78 is 0. The molecule has 1 heterocycles. The molecule has 4 N–H and O–H groups in total. The zero-order valence-electron chi connectivity index (χ0n) is 17.9. The first-order valence-corrected chi connectivity index (χ1v) is 10.4. The van der Waals surface area contributed by atoms with E-state index in [1.807, 2.05) is 56.9 Å². The average Bonchev–Trinajstić information content (AvgIpc) is 3.14. The van der Waals surface area contributed by atoms with Crippen LogP contribution in [0.1, 0.15) is 46.1 Å².